The molecule has 0 bridgehead atoms. The Balaban J connectivity index is 2.41. The molecule has 9 atom stereocenters. The molecule has 46 heavy (non-hydrogen) atoms. The summed E-state index contributed by atoms with van der Waals surface area (Å²) in [6, 6.07) is 0. The van der Waals surface area contributed by atoms with Gasteiger partial charge in [0.2, 0.25) is 0 Å². The zero-order valence-electron chi connectivity index (χ0n) is 26.5. The number of amides is 1. The van der Waals surface area contributed by atoms with Crippen molar-refractivity contribution >= 4 is 35.9 Å². The van der Waals surface area contributed by atoms with Crippen LogP contribution in [0.2, 0.25) is 0 Å². The van der Waals surface area contributed by atoms with Crippen LogP contribution in [-0.4, -0.2) is 138 Å². The van der Waals surface area contributed by atoms with Gasteiger partial charge in [0, 0.05) is 48.0 Å². The summed E-state index contributed by atoms with van der Waals surface area (Å²) < 4.78 is 60.8. The smallest absolute Gasteiger partial charge is 0.407 e. The Morgan fingerprint density at radius 2 is 1.37 bits per heavy atom. The number of methoxy groups -OCH3 is 2. The van der Waals surface area contributed by atoms with Crippen molar-refractivity contribution in [3.05, 3.63) is 12.7 Å². The number of esters is 5. The van der Waals surface area contributed by atoms with E-state index in [-0.39, 0.29) is 26.4 Å². The van der Waals surface area contributed by atoms with Gasteiger partial charge in [0.15, 0.2) is 30.7 Å². The van der Waals surface area contributed by atoms with E-state index in [9.17, 15) is 28.8 Å². The topological polar surface area (TPSA) is 216 Å². The minimum atomic E-state index is -1.59. The fourth-order valence-electron chi connectivity index (χ4n) is 4.73. The summed E-state index contributed by atoms with van der Waals surface area (Å²) >= 11 is 0. The maximum absolute atomic E-state index is 12.4. The van der Waals surface area contributed by atoms with Gasteiger partial charge < -0.3 is 57.4 Å². The van der Waals surface area contributed by atoms with Crippen LogP contribution in [0.4, 0.5) is 4.79 Å². The molecular formula is C28H41NO17. The monoisotopic (exact) mass is 663 g/mol. The second-order valence-corrected chi connectivity index (χ2v) is 9.94. The molecule has 2 aliphatic heterocycles. The van der Waals surface area contributed by atoms with Gasteiger partial charge in [-0.05, 0) is 0 Å². The second kappa shape index (κ2) is 19.0. The number of hydrogen-bond acceptors (Lipinski definition) is 17. The standard InChI is InChI=1S/C28H41NO17/c1-8-21(34)38-10-9-29-28(35)40-13-19-22(37-7)25(43-16(4)32)26(44-17(5)33)27(45-19)46-23-18(11-36-6)39-12-20(41-14(2)30)24(23)42-15(3)31/h8,18-20,22-27H,1,9-13H2,2-7H3,(H,29,35). The lowest BCUT2D eigenvalue weighted by molar-refractivity contribution is -0.341. The fraction of sp³-hybridized carbons (Fsp3) is 0.714. The van der Waals surface area contributed by atoms with E-state index in [1.165, 1.54) is 14.2 Å². The van der Waals surface area contributed by atoms with E-state index in [1.54, 1.807) is 0 Å². The number of alkyl carbamates (subject to hydrolysis) is 1. The van der Waals surface area contributed by atoms with Gasteiger partial charge in [0.1, 0.15) is 37.6 Å². The summed E-state index contributed by atoms with van der Waals surface area (Å²) in [7, 11) is 2.65. The molecule has 0 spiro atoms. The predicted octanol–water partition coefficient (Wildman–Crippen LogP) is -0.661. The van der Waals surface area contributed by atoms with Crippen molar-refractivity contribution < 1.29 is 80.9 Å². The number of hydrogen-bond donors (Lipinski definition) is 1. The quantitative estimate of drug-likeness (QED) is 0.0995. The summed E-state index contributed by atoms with van der Waals surface area (Å²) in [5.74, 6) is -3.67. The van der Waals surface area contributed by atoms with Crippen LogP contribution in [0.15, 0.2) is 12.7 Å². The van der Waals surface area contributed by atoms with Gasteiger partial charge in [-0.15, -0.1) is 0 Å². The lowest BCUT2D eigenvalue weighted by Gasteiger charge is -2.47. The lowest BCUT2D eigenvalue weighted by atomic mass is 9.96. The predicted molar refractivity (Wildman–Crippen MR) is 149 cm³/mol. The Morgan fingerprint density at radius 1 is 0.761 bits per heavy atom. The molecule has 0 aromatic carbocycles. The zero-order chi connectivity index (χ0) is 34.4. The number of carbonyl (C=O) groups excluding carboxylic acids is 6. The lowest BCUT2D eigenvalue weighted by Crippen LogP contribution is -2.65. The molecule has 18 nitrogen and oxygen atoms in total. The Bertz CT molecular complexity index is 1080. The molecule has 1 N–H and O–H groups in total. The average molecular weight is 664 g/mol. The number of rotatable bonds is 15. The summed E-state index contributed by atoms with van der Waals surface area (Å²) in [5.41, 5.74) is 0. The number of carbonyl (C=O) groups is 6. The third-order valence-corrected chi connectivity index (χ3v) is 6.40. The third kappa shape index (κ3) is 11.8. The Kier molecular flexibility index (Phi) is 15.8. The van der Waals surface area contributed by atoms with Gasteiger partial charge in [-0.2, -0.15) is 0 Å². The van der Waals surface area contributed by atoms with Crippen LogP contribution in [0.1, 0.15) is 27.7 Å². The highest BCUT2D eigenvalue weighted by Crippen LogP contribution is 2.33. The summed E-state index contributed by atoms with van der Waals surface area (Å²) in [5, 5.41) is 2.38. The Hall–Kier alpha value is -3.84. The minimum absolute atomic E-state index is 0.0803. The molecule has 2 aliphatic rings. The van der Waals surface area contributed by atoms with Gasteiger partial charge in [-0.3, -0.25) is 19.2 Å². The Labute approximate surface area is 265 Å². The van der Waals surface area contributed by atoms with Crippen molar-refractivity contribution in [3.63, 3.8) is 0 Å². The molecule has 260 valence electrons. The van der Waals surface area contributed by atoms with Crippen molar-refractivity contribution in [2.24, 2.45) is 0 Å². The highest BCUT2D eigenvalue weighted by atomic mass is 16.8. The average Bonchev–Trinajstić information content (AvgIpc) is 2.97. The third-order valence-electron chi connectivity index (χ3n) is 6.40. The van der Waals surface area contributed by atoms with Gasteiger partial charge >= 0.3 is 35.9 Å². The minimum Gasteiger partial charge on any atom is -0.461 e. The van der Waals surface area contributed by atoms with Crippen molar-refractivity contribution in [1.82, 2.24) is 5.32 Å². The molecular weight excluding hydrogens is 622 g/mol. The number of nitrogens with one attached hydrogen (secondary N) is 1. The zero-order valence-corrected chi connectivity index (χ0v) is 26.5. The molecule has 1 amide bonds. The van der Waals surface area contributed by atoms with Crippen LogP contribution >= 0.6 is 0 Å². The van der Waals surface area contributed by atoms with Crippen molar-refractivity contribution in [2.45, 2.75) is 82.8 Å². The van der Waals surface area contributed by atoms with Crippen LogP contribution in [0.5, 0.6) is 0 Å². The maximum atomic E-state index is 12.4. The van der Waals surface area contributed by atoms with Gasteiger partial charge in [-0.1, -0.05) is 6.58 Å². The van der Waals surface area contributed by atoms with Crippen LogP contribution in [0, 0.1) is 0 Å². The van der Waals surface area contributed by atoms with Crippen molar-refractivity contribution in [3.8, 4) is 0 Å². The van der Waals surface area contributed by atoms with E-state index in [1.807, 2.05) is 0 Å². The first-order valence-electron chi connectivity index (χ1n) is 14.1. The van der Waals surface area contributed by atoms with Crippen LogP contribution in [-0.2, 0) is 76.1 Å². The number of ether oxygens (including phenoxy) is 11. The summed E-state index contributed by atoms with van der Waals surface area (Å²) in [6.45, 7) is 6.80. The van der Waals surface area contributed by atoms with Gasteiger partial charge in [0.05, 0.1) is 19.8 Å². The maximum Gasteiger partial charge on any atom is 0.407 e. The molecule has 2 rings (SSSR count). The molecule has 2 fully saturated rings. The molecule has 9 unspecified atom stereocenters. The second-order valence-electron chi connectivity index (χ2n) is 9.94. The van der Waals surface area contributed by atoms with Crippen LogP contribution < -0.4 is 5.32 Å². The van der Waals surface area contributed by atoms with Crippen LogP contribution in [0.25, 0.3) is 0 Å². The first kappa shape index (κ1) is 38.3. The molecule has 18 heteroatoms. The van der Waals surface area contributed by atoms with E-state index in [0.717, 1.165) is 33.8 Å². The van der Waals surface area contributed by atoms with Crippen LogP contribution in [0.3, 0.4) is 0 Å². The van der Waals surface area contributed by atoms with E-state index >= 15 is 0 Å². The van der Waals surface area contributed by atoms with E-state index in [0.29, 0.717) is 0 Å². The van der Waals surface area contributed by atoms with E-state index in [2.05, 4.69) is 11.9 Å². The van der Waals surface area contributed by atoms with Gasteiger partial charge in [0.25, 0.3) is 0 Å². The normalized spacial score (nSPS) is 29.0. The van der Waals surface area contributed by atoms with Crippen molar-refractivity contribution in [1.29, 1.82) is 0 Å². The van der Waals surface area contributed by atoms with Gasteiger partial charge in [-0.25, -0.2) is 9.59 Å². The Morgan fingerprint density at radius 3 is 1.93 bits per heavy atom. The molecule has 2 saturated heterocycles. The molecule has 0 aromatic rings. The van der Waals surface area contributed by atoms with E-state index in [4.69, 9.17) is 52.1 Å². The largest absolute Gasteiger partial charge is 0.461 e. The molecule has 0 aliphatic carbocycles. The molecule has 0 saturated carbocycles. The highest BCUT2D eigenvalue weighted by molar-refractivity contribution is 5.81. The van der Waals surface area contributed by atoms with E-state index < -0.39 is 97.7 Å². The summed E-state index contributed by atoms with van der Waals surface area (Å²) in [6.07, 6.45) is -11.3. The fourth-order valence-corrected chi connectivity index (χ4v) is 4.73. The summed E-state index contributed by atoms with van der Waals surface area (Å²) in [4.78, 5) is 71.8. The molecule has 2 heterocycles. The molecule has 0 radical (unpaired) electrons. The first-order chi connectivity index (χ1) is 21.8. The highest BCUT2D eigenvalue weighted by Gasteiger charge is 2.54. The first-order valence-corrected chi connectivity index (χ1v) is 14.1. The molecule has 0 aromatic heterocycles. The SMILES string of the molecule is C=CC(=O)OCCNC(=O)OCC1OC(OC2C(COC)OCC(OC(C)=O)C2OC(C)=O)C(OC(C)=O)C(OC(C)=O)C1OC. The van der Waals surface area contributed by atoms with Crippen molar-refractivity contribution in [2.75, 3.05) is 47.2 Å².